The van der Waals surface area contributed by atoms with Crippen LogP contribution in [-0.4, -0.2) is 11.7 Å². The highest BCUT2D eigenvalue weighted by molar-refractivity contribution is 7.99. The third kappa shape index (κ3) is 4.90. The number of carbonyl (C=O) groups is 1. The summed E-state index contributed by atoms with van der Waals surface area (Å²) in [6.45, 7) is 0.383. The number of nitrogens with one attached hydrogen (secondary N) is 1. The Hall–Kier alpha value is -2.32. The lowest BCUT2D eigenvalue weighted by atomic mass is 10.1. The van der Waals surface area contributed by atoms with Crippen LogP contribution >= 0.6 is 11.8 Å². The number of thioether (sulfide) groups is 1. The molecule has 0 aliphatic carbocycles. The van der Waals surface area contributed by atoms with Crippen molar-refractivity contribution < 1.29 is 9.18 Å². The highest BCUT2D eigenvalue weighted by Gasteiger charge is 2.05. The number of rotatable bonds is 6. The second-order valence-corrected chi connectivity index (χ2v) is 5.65. The van der Waals surface area contributed by atoms with E-state index in [0.717, 1.165) is 11.1 Å². The molecule has 112 valence electrons. The Kier molecular flexibility index (Phi) is 5.99. The topological polar surface area (TPSA) is 52.9 Å². The Labute approximate surface area is 133 Å². The van der Waals surface area contributed by atoms with E-state index in [0.29, 0.717) is 23.6 Å². The third-order valence-corrected chi connectivity index (χ3v) is 4.01. The summed E-state index contributed by atoms with van der Waals surface area (Å²) in [6.07, 6.45) is 0. The minimum atomic E-state index is -0.290. The lowest BCUT2D eigenvalue weighted by molar-refractivity contribution is -0.118. The van der Waals surface area contributed by atoms with Crippen LogP contribution < -0.4 is 5.32 Å². The van der Waals surface area contributed by atoms with E-state index in [1.54, 1.807) is 18.2 Å². The maximum Gasteiger partial charge on any atom is 0.230 e. The summed E-state index contributed by atoms with van der Waals surface area (Å²) in [4.78, 5) is 11.8. The van der Waals surface area contributed by atoms with Crippen molar-refractivity contribution in [2.24, 2.45) is 0 Å². The van der Waals surface area contributed by atoms with Crippen molar-refractivity contribution >= 4 is 17.7 Å². The molecule has 2 aromatic carbocycles. The van der Waals surface area contributed by atoms with Crippen LogP contribution in [0.5, 0.6) is 0 Å². The van der Waals surface area contributed by atoms with Crippen LogP contribution in [0.2, 0.25) is 0 Å². The van der Waals surface area contributed by atoms with Gasteiger partial charge in [0, 0.05) is 12.3 Å². The van der Waals surface area contributed by atoms with Crippen molar-refractivity contribution in [2.75, 3.05) is 5.75 Å². The Balaban J connectivity index is 1.74. The number of amides is 1. The molecule has 0 radical (unpaired) electrons. The Morgan fingerprint density at radius 1 is 1.18 bits per heavy atom. The van der Waals surface area contributed by atoms with Crippen molar-refractivity contribution in [1.82, 2.24) is 5.32 Å². The van der Waals surface area contributed by atoms with E-state index in [2.05, 4.69) is 11.4 Å². The van der Waals surface area contributed by atoms with Crippen LogP contribution in [-0.2, 0) is 17.1 Å². The molecule has 1 N–H and O–H groups in total. The number of hydrogen-bond acceptors (Lipinski definition) is 3. The molecule has 0 aromatic heterocycles. The second kappa shape index (κ2) is 8.20. The first kappa shape index (κ1) is 16.1. The molecule has 22 heavy (non-hydrogen) atoms. The van der Waals surface area contributed by atoms with Crippen molar-refractivity contribution in [3.63, 3.8) is 0 Å². The minimum absolute atomic E-state index is 0.0798. The van der Waals surface area contributed by atoms with Gasteiger partial charge in [-0.05, 0) is 29.3 Å². The van der Waals surface area contributed by atoms with E-state index in [9.17, 15) is 9.18 Å². The molecule has 0 atom stereocenters. The molecule has 0 saturated carbocycles. The predicted octanol–water partition coefficient (Wildman–Crippen LogP) is 3.25. The van der Waals surface area contributed by atoms with Gasteiger partial charge in [-0.25, -0.2) is 4.39 Å². The zero-order chi connectivity index (χ0) is 15.8. The molecule has 0 heterocycles. The molecule has 0 spiro atoms. The standard InChI is InChI=1S/C17H15FN2OS/c18-16-7-5-13(6-8-16)10-20-17(21)12-22-11-15-4-2-1-3-14(15)9-19/h1-8H,10-12H2,(H,20,21). The molecule has 5 heteroatoms. The number of hydrogen-bond donors (Lipinski definition) is 1. The fraction of sp³-hybridized carbons (Fsp3) is 0.176. The second-order valence-electron chi connectivity index (χ2n) is 4.66. The van der Waals surface area contributed by atoms with E-state index >= 15 is 0 Å². The summed E-state index contributed by atoms with van der Waals surface area (Å²) in [6, 6.07) is 15.5. The summed E-state index contributed by atoms with van der Waals surface area (Å²) in [5, 5.41) is 11.8. The fourth-order valence-electron chi connectivity index (χ4n) is 1.86. The first-order chi connectivity index (χ1) is 10.7. The van der Waals surface area contributed by atoms with Gasteiger partial charge >= 0.3 is 0 Å². The lowest BCUT2D eigenvalue weighted by Crippen LogP contribution is -2.24. The summed E-state index contributed by atoms with van der Waals surface area (Å²) < 4.78 is 12.8. The largest absolute Gasteiger partial charge is 0.351 e. The molecule has 2 rings (SSSR count). The van der Waals surface area contributed by atoms with Crippen LogP contribution in [0.4, 0.5) is 4.39 Å². The monoisotopic (exact) mass is 314 g/mol. The van der Waals surface area contributed by atoms with Gasteiger partial charge in [0.1, 0.15) is 5.82 Å². The quantitative estimate of drug-likeness (QED) is 0.890. The minimum Gasteiger partial charge on any atom is -0.351 e. The SMILES string of the molecule is N#Cc1ccccc1CSCC(=O)NCc1ccc(F)cc1. The van der Waals surface area contributed by atoms with Gasteiger partial charge in [0.15, 0.2) is 0 Å². The summed E-state index contributed by atoms with van der Waals surface area (Å²) in [5.41, 5.74) is 2.43. The number of nitriles is 1. The van der Waals surface area contributed by atoms with Crippen molar-refractivity contribution in [2.45, 2.75) is 12.3 Å². The summed E-state index contributed by atoms with van der Waals surface area (Å²) in [5.74, 6) is 0.569. The van der Waals surface area contributed by atoms with Gasteiger partial charge < -0.3 is 5.32 Å². The first-order valence-electron chi connectivity index (χ1n) is 6.76. The molecule has 0 aliphatic heterocycles. The van der Waals surface area contributed by atoms with Crippen molar-refractivity contribution in [1.29, 1.82) is 5.26 Å². The number of benzene rings is 2. The molecule has 2 aromatic rings. The molecule has 0 fully saturated rings. The highest BCUT2D eigenvalue weighted by Crippen LogP contribution is 2.15. The van der Waals surface area contributed by atoms with Crippen LogP contribution in [0.1, 0.15) is 16.7 Å². The van der Waals surface area contributed by atoms with E-state index in [1.807, 2.05) is 18.2 Å². The van der Waals surface area contributed by atoms with Crippen LogP contribution in [0, 0.1) is 17.1 Å². The van der Waals surface area contributed by atoms with Crippen molar-refractivity contribution in [3.8, 4) is 6.07 Å². The Morgan fingerprint density at radius 2 is 1.91 bits per heavy atom. The average Bonchev–Trinajstić information content (AvgIpc) is 2.55. The van der Waals surface area contributed by atoms with Gasteiger partial charge in [-0.15, -0.1) is 11.8 Å². The van der Waals surface area contributed by atoms with E-state index in [4.69, 9.17) is 5.26 Å². The Morgan fingerprint density at radius 3 is 2.64 bits per heavy atom. The zero-order valence-corrected chi connectivity index (χ0v) is 12.7. The van der Waals surface area contributed by atoms with Crippen LogP contribution in [0.15, 0.2) is 48.5 Å². The van der Waals surface area contributed by atoms with Gasteiger partial charge in [0.2, 0.25) is 5.91 Å². The van der Waals surface area contributed by atoms with E-state index < -0.39 is 0 Å². The fourth-order valence-corrected chi connectivity index (χ4v) is 2.72. The highest BCUT2D eigenvalue weighted by atomic mass is 32.2. The van der Waals surface area contributed by atoms with Gasteiger partial charge in [0.25, 0.3) is 0 Å². The molecule has 0 bridgehead atoms. The zero-order valence-electron chi connectivity index (χ0n) is 11.9. The molecule has 0 unspecified atom stereocenters. The molecule has 0 saturated heterocycles. The lowest BCUT2D eigenvalue weighted by Gasteiger charge is -2.06. The predicted molar refractivity (Wildman–Crippen MR) is 85.6 cm³/mol. The van der Waals surface area contributed by atoms with Crippen LogP contribution in [0.3, 0.4) is 0 Å². The van der Waals surface area contributed by atoms with Crippen LogP contribution in [0.25, 0.3) is 0 Å². The smallest absolute Gasteiger partial charge is 0.230 e. The summed E-state index contributed by atoms with van der Waals surface area (Å²) >= 11 is 1.46. The molecule has 3 nitrogen and oxygen atoms in total. The van der Waals surface area contributed by atoms with E-state index in [-0.39, 0.29) is 11.7 Å². The summed E-state index contributed by atoms with van der Waals surface area (Å²) in [7, 11) is 0. The third-order valence-electron chi connectivity index (χ3n) is 3.03. The number of halogens is 1. The average molecular weight is 314 g/mol. The van der Waals surface area contributed by atoms with Crippen molar-refractivity contribution in [3.05, 3.63) is 71.0 Å². The normalized spacial score (nSPS) is 10.0. The Bertz CT molecular complexity index is 680. The molecule has 1 amide bonds. The van der Waals surface area contributed by atoms with Gasteiger partial charge in [0.05, 0.1) is 17.4 Å². The van der Waals surface area contributed by atoms with E-state index in [1.165, 1.54) is 23.9 Å². The molecule has 0 aliphatic rings. The molecular formula is C17H15FN2OS. The maximum atomic E-state index is 12.8. The maximum absolute atomic E-state index is 12.8. The first-order valence-corrected chi connectivity index (χ1v) is 7.91. The van der Waals surface area contributed by atoms with Gasteiger partial charge in [-0.1, -0.05) is 30.3 Å². The molecular weight excluding hydrogens is 299 g/mol. The number of carbonyl (C=O) groups excluding carboxylic acids is 1. The number of nitrogens with zero attached hydrogens (tertiary/aromatic N) is 1. The van der Waals surface area contributed by atoms with Gasteiger partial charge in [-0.3, -0.25) is 4.79 Å². The van der Waals surface area contributed by atoms with Gasteiger partial charge in [-0.2, -0.15) is 5.26 Å².